The summed E-state index contributed by atoms with van der Waals surface area (Å²) in [5.41, 5.74) is 1.07. The van der Waals surface area contributed by atoms with Crippen LogP contribution in [0.2, 0.25) is 5.02 Å². The lowest BCUT2D eigenvalue weighted by Crippen LogP contribution is -2.25. The molecule has 0 bridgehead atoms. The van der Waals surface area contributed by atoms with Crippen molar-refractivity contribution in [1.29, 1.82) is 0 Å². The van der Waals surface area contributed by atoms with E-state index in [0.717, 1.165) is 32.1 Å². The average Bonchev–Trinajstić information content (AvgIpc) is 2.96. The van der Waals surface area contributed by atoms with E-state index in [-0.39, 0.29) is 29.6 Å². The summed E-state index contributed by atoms with van der Waals surface area (Å²) in [6, 6.07) is 15.9. The number of benzene rings is 3. The maximum absolute atomic E-state index is 13.5. The van der Waals surface area contributed by atoms with Gasteiger partial charge in [0, 0.05) is 28.3 Å². The zero-order valence-corrected chi connectivity index (χ0v) is 22.7. The number of nitrogens with one attached hydrogen (secondary N) is 1. The van der Waals surface area contributed by atoms with Crippen molar-refractivity contribution in [2.45, 2.75) is 38.0 Å². The van der Waals surface area contributed by atoms with Crippen molar-refractivity contribution in [3.63, 3.8) is 0 Å². The van der Waals surface area contributed by atoms with E-state index in [4.69, 9.17) is 26.1 Å². The van der Waals surface area contributed by atoms with Gasteiger partial charge in [-0.2, -0.15) is 9.78 Å². The van der Waals surface area contributed by atoms with E-state index in [0.29, 0.717) is 33.0 Å². The number of halogens is 2. The number of amides is 1. The fraction of sp³-hybridized carbons (Fsp3) is 0.267. The minimum Gasteiger partial charge on any atom is -0.493 e. The van der Waals surface area contributed by atoms with E-state index in [2.05, 4.69) is 10.4 Å². The van der Waals surface area contributed by atoms with Gasteiger partial charge in [-0.15, -0.1) is 0 Å². The van der Waals surface area contributed by atoms with Crippen molar-refractivity contribution in [2.75, 3.05) is 19.0 Å². The second kappa shape index (κ2) is 12.3. The van der Waals surface area contributed by atoms with E-state index in [1.807, 2.05) is 12.1 Å². The summed E-state index contributed by atoms with van der Waals surface area (Å²) in [4.78, 5) is 30.9. The Morgan fingerprint density at radius 3 is 2.73 bits per heavy atom. The number of fused-ring (bicyclic) bond motifs is 1. The maximum Gasteiger partial charge on any atom is 0.282 e. The molecule has 1 aliphatic carbocycles. The fourth-order valence-corrected chi connectivity index (χ4v) is 5.11. The Labute approximate surface area is 235 Å². The number of ether oxygens (including phenoxy) is 2. The molecule has 10 heteroatoms. The second-order valence-corrected chi connectivity index (χ2v) is 9.99. The van der Waals surface area contributed by atoms with Crippen molar-refractivity contribution in [3.8, 4) is 11.5 Å². The number of hydrogen-bond acceptors (Lipinski definition) is 6. The van der Waals surface area contributed by atoms with Crippen LogP contribution in [0.4, 0.5) is 10.1 Å². The van der Waals surface area contributed by atoms with E-state index in [1.165, 1.54) is 36.2 Å². The number of methoxy groups -OCH3 is 1. The normalized spacial score (nSPS) is 14.0. The number of nitrogens with zero attached hydrogens (tertiary/aromatic N) is 3. The van der Waals surface area contributed by atoms with Crippen molar-refractivity contribution in [2.24, 2.45) is 5.10 Å². The standard InChI is InChI=1S/C30H28ClFN4O4/c1-39-26-15-21(31)14-20(28(26)40-18-27(37)34-23-11-7-10-22(32)16-23)17-33-36-29(19-8-3-2-4-9-19)35-25-13-6-5-12-24(25)30(36)38/h5-7,10-17,19H,2-4,8-9,18H2,1H3,(H,34,37). The van der Waals surface area contributed by atoms with Gasteiger partial charge in [0.15, 0.2) is 18.1 Å². The second-order valence-electron chi connectivity index (χ2n) is 9.56. The lowest BCUT2D eigenvalue weighted by Gasteiger charge is -2.22. The lowest BCUT2D eigenvalue weighted by molar-refractivity contribution is -0.118. The quantitative estimate of drug-likeness (QED) is 0.260. The summed E-state index contributed by atoms with van der Waals surface area (Å²) >= 11 is 6.34. The first-order valence-corrected chi connectivity index (χ1v) is 13.4. The molecule has 0 spiro atoms. The van der Waals surface area contributed by atoms with Crippen LogP contribution in [0.15, 0.2) is 70.6 Å². The zero-order valence-electron chi connectivity index (χ0n) is 21.9. The third-order valence-electron chi connectivity index (χ3n) is 6.79. The Bertz CT molecular complexity index is 1630. The smallest absolute Gasteiger partial charge is 0.282 e. The molecule has 1 aliphatic rings. The van der Waals surface area contributed by atoms with Crippen LogP contribution in [0.5, 0.6) is 11.5 Å². The first kappa shape index (κ1) is 27.3. The SMILES string of the molecule is COc1cc(Cl)cc(C=Nn2c(C3CCCCC3)nc3ccccc3c2=O)c1OCC(=O)Nc1cccc(F)c1. The molecule has 1 N–H and O–H groups in total. The molecule has 40 heavy (non-hydrogen) atoms. The summed E-state index contributed by atoms with van der Waals surface area (Å²) in [7, 11) is 1.45. The minimum absolute atomic E-state index is 0.111. The van der Waals surface area contributed by atoms with E-state index in [9.17, 15) is 14.0 Å². The highest BCUT2D eigenvalue weighted by Crippen LogP contribution is 2.35. The van der Waals surface area contributed by atoms with Gasteiger partial charge < -0.3 is 14.8 Å². The first-order chi connectivity index (χ1) is 19.4. The molecule has 5 rings (SSSR count). The molecule has 1 fully saturated rings. The largest absolute Gasteiger partial charge is 0.493 e. The number of hydrogen-bond donors (Lipinski definition) is 1. The highest BCUT2D eigenvalue weighted by molar-refractivity contribution is 6.31. The number of carbonyl (C=O) groups excluding carboxylic acids is 1. The molecular weight excluding hydrogens is 535 g/mol. The van der Waals surface area contributed by atoms with Crippen LogP contribution in [0.1, 0.15) is 49.4 Å². The summed E-state index contributed by atoms with van der Waals surface area (Å²) in [6.07, 6.45) is 6.61. The molecule has 1 heterocycles. The number of anilines is 1. The first-order valence-electron chi connectivity index (χ1n) is 13.0. The molecule has 4 aromatic rings. The van der Waals surface area contributed by atoms with E-state index < -0.39 is 11.7 Å². The molecule has 0 radical (unpaired) electrons. The van der Waals surface area contributed by atoms with Crippen molar-refractivity contribution in [3.05, 3.63) is 93.2 Å². The van der Waals surface area contributed by atoms with Crippen molar-refractivity contribution in [1.82, 2.24) is 9.66 Å². The van der Waals surface area contributed by atoms with Crippen LogP contribution < -0.4 is 20.3 Å². The van der Waals surface area contributed by atoms with Gasteiger partial charge in [-0.25, -0.2) is 9.37 Å². The predicted molar refractivity (Wildman–Crippen MR) is 153 cm³/mol. The van der Waals surface area contributed by atoms with Gasteiger partial charge in [0.25, 0.3) is 11.5 Å². The Balaban J connectivity index is 1.48. The van der Waals surface area contributed by atoms with Crippen LogP contribution in [0.25, 0.3) is 10.9 Å². The minimum atomic E-state index is -0.500. The molecule has 0 unspecified atom stereocenters. The van der Waals surface area contributed by atoms with Crippen LogP contribution in [-0.4, -0.2) is 35.5 Å². The Morgan fingerprint density at radius 2 is 1.95 bits per heavy atom. The third kappa shape index (κ3) is 6.15. The molecule has 0 atom stereocenters. The van der Waals surface area contributed by atoms with Gasteiger partial charge >= 0.3 is 0 Å². The maximum atomic E-state index is 13.5. The molecule has 206 valence electrons. The number of para-hydroxylation sites is 1. The molecule has 1 amide bonds. The Hall–Kier alpha value is -4.24. The molecular formula is C30H28ClFN4O4. The molecule has 1 saturated carbocycles. The van der Waals surface area contributed by atoms with E-state index >= 15 is 0 Å². The lowest BCUT2D eigenvalue weighted by atomic mass is 9.88. The summed E-state index contributed by atoms with van der Waals surface area (Å²) < 4.78 is 26.1. The summed E-state index contributed by atoms with van der Waals surface area (Å²) in [6.45, 7) is -0.389. The van der Waals surface area contributed by atoms with Crippen molar-refractivity contribution < 1.29 is 18.7 Å². The van der Waals surface area contributed by atoms with Crippen LogP contribution in [-0.2, 0) is 4.79 Å². The molecule has 0 aliphatic heterocycles. The Morgan fingerprint density at radius 1 is 1.15 bits per heavy atom. The monoisotopic (exact) mass is 562 g/mol. The third-order valence-corrected chi connectivity index (χ3v) is 7.00. The number of rotatable bonds is 8. The van der Waals surface area contributed by atoms with Gasteiger partial charge in [-0.05, 0) is 49.2 Å². The number of carbonyl (C=O) groups is 1. The Kier molecular flexibility index (Phi) is 8.40. The van der Waals surface area contributed by atoms with Crippen molar-refractivity contribution >= 4 is 40.3 Å². The summed E-state index contributed by atoms with van der Waals surface area (Å²) in [5, 5.41) is 7.97. The van der Waals surface area contributed by atoms with E-state index in [1.54, 1.807) is 30.3 Å². The highest BCUT2D eigenvalue weighted by Gasteiger charge is 2.23. The fourth-order valence-electron chi connectivity index (χ4n) is 4.89. The zero-order chi connectivity index (χ0) is 28.1. The van der Waals surface area contributed by atoms with Gasteiger partial charge in [0.1, 0.15) is 11.6 Å². The highest BCUT2D eigenvalue weighted by atomic mass is 35.5. The van der Waals surface area contributed by atoms with Gasteiger partial charge in [-0.3, -0.25) is 9.59 Å². The average molecular weight is 563 g/mol. The van der Waals surface area contributed by atoms with Gasteiger partial charge in [0.2, 0.25) is 0 Å². The molecule has 1 aromatic heterocycles. The molecule has 3 aromatic carbocycles. The van der Waals surface area contributed by atoms with Gasteiger partial charge in [-0.1, -0.05) is 49.1 Å². The predicted octanol–water partition coefficient (Wildman–Crippen LogP) is 6.15. The van der Waals surface area contributed by atoms with Gasteiger partial charge in [0.05, 0.1) is 24.2 Å². The van der Waals surface area contributed by atoms with Crippen LogP contribution in [0.3, 0.4) is 0 Å². The number of aromatic nitrogens is 2. The molecule has 8 nitrogen and oxygen atoms in total. The summed E-state index contributed by atoms with van der Waals surface area (Å²) in [5.74, 6) is 0.252. The molecule has 0 saturated heterocycles. The topological polar surface area (TPSA) is 94.8 Å². The van der Waals surface area contributed by atoms with Crippen LogP contribution >= 0.6 is 11.6 Å². The van der Waals surface area contributed by atoms with Crippen LogP contribution in [0, 0.1) is 5.82 Å².